The number of hydrogen-bond acceptors (Lipinski definition) is 6. The highest BCUT2D eigenvalue weighted by Gasteiger charge is 2.40. The second-order valence-corrected chi connectivity index (χ2v) is 12.3. The summed E-state index contributed by atoms with van der Waals surface area (Å²) in [7, 11) is 0. The smallest absolute Gasteiger partial charge is 0.311 e. The van der Waals surface area contributed by atoms with Crippen molar-refractivity contribution in [3.8, 4) is 11.5 Å². The van der Waals surface area contributed by atoms with E-state index in [1.165, 1.54) is 41.7 Å². The van der Waals surface area contributed by atoms with Crippen LogP contribution in [0, 0.1) is 5.92 Å². The first-order chi connectivity index (χ1) is 17.3. The molecule has 1 aromatic rings. The lowest BCUT2D eigenvalue weighted by Gasteiger charge is -2.35. The highest BCUT2D eigenvalue weighted by atomic mass is 32.2. The van der Waals surface area contributed by atoms with E-state index in [-0.39, 0.29) is 11.6 Å². The van der Waals surface area contributed by atoms with Gasteiger partial charge in [-0.3, -0.25) is 9.69 Å². The van der Waals surface area contributed by atoms with Gasteiger partial charge in [-0.05, 0) is 68.3 Å². The molecule has 0 aromatic heterocycles. The third-order valence-corrected chi connectivity index (χ3v) is 9.43. The number of benzene rings is 1. The van der Waals surface area contributed by atoms with E-state index in [4.69, 9.17) is 14.2 Å². The van der Waals surface area contributed by atoms with Crippen LogP contribution in [0.5, 0.6) is 11.5 Å². The van der Waals surface area contributed by atoms with Crippen LogP contribution in [-0.4, -0.2) is 55.1 Å². The van der Waals surface area contributed by atoms with Gasteiger partial charge < -0.3 is 14.2 Å². The minimum absolute atomic E-state index is 0.149. The van der Waals surface area contributed by atoms with Gasteiger partial charge in [-0.2, -0.15) is 0 Å². The Morgan fingerprint density at radius 2 is 1.94 bits per heavy atom. The number of nitrogens with zero attached hydrogens (tertiary/aromatic N) is 1. The Morgan fingerprint density at radius 1 is 1.17 bits per heavy atom. The zero-order valence-electron chi connectivity index (χ0n) is 23.0. The van der Waals surface area contributed by atoms with E-state index < -0.39 is 0 Å². The van der Waals surface area contributed by atoms with Crippen LogP contribution in [0.1, 0.15) is 96.6 Å². The van der Waals surface area contributed by atoms with Crippen molar-refractivity contribution < 1.29 is 19.0 Å². The standard InChI is InChI=1S/C30H45NO4S/c1-6-7-8-10-21(2)22(3)23-19-25(34-27(32)11-9-13-31-14-16-33-17-15-31)28-24-12-18-36-29(24)30(4,5)35-26(28)20-23/h19-22H,6-18H2,1-5H3. The van der Waals surface area contributed by atoms with Gasteiger partial charge in [0.2, 0.25) is 0 Å². The van der Waals surface area contributed by atoms with Crippen molar-refractivity contribution in [2.24, 2.45) is 5.92 Å². The third-order valence-electron chi connectivity index (χ3n) is 8.00. The van der Waals surface area contributed by atoms with E-state index in [1.807, 2.05) is 11.8 Å². The van der Waals surface area contributed by atoms with Gasteiger partial charge in [0.1, 0.15) is 17.1 Å². The van der Waals surface area contributed by atoms with Crippen LogP contribution in [0.25, 0.3) is 5.57 Å². The van der Waals surface area contributed by atoms with Crippen molar-refractivity contribution in [3.05, 3.63) is 28.2 Å². The number of allylic oxidation sites excluding steroid dienone is 1. The lowest BCUT2D eigenvalue weighted by atomic mass is 9.83. The first-order valence-corrected chi connectivity index (χ1v) is 15.0. The molecule has 200 valence electrons. The van der Waals surface area contributed by atoms with E-state index in [9.17, 15) is 4.79 Å². The number of carbonyl (C=O) groups excluding carboxylic acids is 1. The van der Waals surface area contributed by atoms with E-state index in [2.05, 4.69) is 51.7 Å². The maximum absolute atomic E-state index is 13.0. The molecule has 4 rings (SSSR count). The number of esters is 1. The van der Waals surface area contributed by atoms with Crippen LogP contribution < -0.4 is 9.47 Å². The van der Waals surface area contributed by atoms with Crippen LogP contribution in [0.2, 0.25) is 0 Å². The molecular weight excluding hydrogens is 470 g/mol. The van der Waals surface area contributed by atoms with E-state index in [1.54, 1.807) is 0 Å². The molecule has 0 bridgehead atoms. The highest BCUT2D eigenvalue weighted by molar-refractivity contribution is 8.03. The molecule has 1 aromatic carbocycles. The minimum atomic E-state index is -0.350. The zero-order valence-corrected chi connectivity index (χ0v) is 23.8. The number of carbonyl (C=O) groups is 1. The Labute approximate surface area is 222 Å². The number of fused-ring (bicyclic) bond motifs is 2. The lowest BCUT2D eigenvalue weighted by Crippen LogP contribution is -2.37. The van der Waals surface area contributed by atoms with Crippen molar-refractivity contribution in [3.63, 3.8) is 0 Å². The fraction of sp³-hybridized carbons (Fsp3) is 0.700. The predicted octanol–water partition coefficient (Wildman–Crippen LogP) is 7.04. The summed E-state index contributed by atoms with van der Waals surface area (Å²) in [5.41, 5.74) is 3.17. The van der Waals surface area contributed by atoms with Gasteiger partial charge in [-0.1, -0.05) is 46.5 Å². The second kappa shape index (κ2) is 12.4. The minimum Gasteiger partial charge on any atom is -0.482 e. The van der Waals surface area contributed by atoms with Gasteiger partial charge in [0.05, 0.1) is 18.8 Å². The van der Waals surface area contributed by atoms with Crippen LogP contribution in [0.15, 0.2) is 17.0 Å². The Hall–Kier alpha value is -1.50. The van der Waals surface area contributed by atoms with Crippen LogP contribution in [0.4, 0.5) is 0 Å². The highest BCUT2D eigenvalue weighted by Crippen LogP contribution is 2.54. The van der Waals surface area contributed by atoms with Crippen LogP contribution in [0.3, 0.4) is 0 Å². The third kappa shape index (κ3) is 6.49. The molecule has 2 unspecified atom stereocenters. The Bertz CT molecular complexity index is 951. The average molecular weight is 516 g/mol. The van der Waals surface area contributed by atoms with Crippen molar-refractivity contribution in [1.29, 1.82) is 0 Å². The number of thioether (sulfide) groups is 1. The summed E-state index contributed by atoms with van der Waals surface area (Å²) in [5, 5.41) is 0. The maximum atomic E-state index is 13.0. The van der Waals surface area contributed by atoms with Gasteiger partial charge >= 0.3 is 5.97 Å². The second-order valence-electron chi connectivity index (χ2n) is 11.2. The molecule has 1 fully saturated rings. The molecule has 6 heteroatoms. The summed E-state index contributed by atoms with van der Waals surface area (Å²) < 4.78 is 18.2. The Balaban J connectivity index is 1.55. The van der Waals surface area contributed by atoms with Crippen molar-refractivity contribution >= 4 is 23.3 Å². The molecule has 3 aliphatic rings. The number of morpholine rings is 1. The zero-order chi connectivity index (χ0) is 25.7. The molecule has 36 heavy (non-hydrogen) atoms. The molecule has 0 aliphatic carbocycles. The molecule has 0 amide bonds. The molecule has 1 saturated heterocycles. The van der Waals surface area contributed by atoms with Crippen LogP contribution >= 0.6 is 11.8 Å². The molecule has 5 nitrogen and oxygen atoms in total. The van der Waals surface area contributed by atoms with Crippen LogP contribution in [-0.2, 0) is 9.53 Å². The largest absolute Gasteiger partial charge is 0.482 e. The number of hydrogen-bond donors (Lipinski definition) is 0. The van der Waals surface area contributed by atoms with E-state index in [0.717, 1.165) is 62.8 Å². The molecule has 3 aliphatic heterocycles. The summed E-state index contributed by atoms with van der Waals surface area (Å²) in [4.78, 5) is 16.7. The fourth-order valence-corrected chi connectivity index (χ4v) is 6.90. The number of rotatable bonds is 11. The summed E-state index contributed by atoms with van der Waals surface area (Å²) in [5.74, 6) is 3.39. The number of unbranched alkanes of at least 4 members (excludes halogenated alkanes) is 2. The van der Waals surface area contributed by atoms with Gasteiger partial charge in [-0.25, -0.2) is 0 Å². The molecule has 0 radical (unpaired) electrons. The Kier molecular flexibility index (Phi) is 9.45. The quantitative estimate of drug-likeness (QED) is 0.179. The molecule has 3 heterocycles. The molecule has 0 N–H and O–H groups in total. The SMILES string of the molecule is CCCCCC(C)C(C)c1cc(OC(=O)CCCN2CCOCC2)c2c(c1)OC(C)(C)C1=C2CCS1. The fourth-order valence-electron chi connectivity index (χ4n) is 5.62. The lowest BCUT2D eigenvalue weighted by molar-refractivity contribution is -0.134. The van der Waals surface area contributed by atoms with E-state index in [0.29, 0.717) is 24.0 Å². The molecule has 0 saturated carbocycles. The first-order valence-electron chi connectivity index (χ1n) is 14.0. The monoisotopic (exact) mass is 515 g/mol. The average Bonchev–Trinajstić information content (AvgIpc) is 3.35. The van der Waals surface area contributed by atoms with Crippen molar-refractivity contribution in [1.82, 2.24) is 4.90 Å². The first kappa shape index (κ1) is 27.5. The maximum Gasteiger partial charge on any atom is 0.311 e. The van der Waals surface area contributed by atoms with Gasteiger partial charge in [0, 0.05) is 30.2 Å². The molecule has 2 atom stereocenters. The summed E-state index contributed by atoms with van der Waals surface area (Å²) in [6.45, 7) is 15.6. The topological polar surface area (TPSA) is 48.0 Å². The summed E-state index contributed by atoms with van der Waals surface area (Å²) >= 11 is 1.88. The van der Waals surface area contributed by atoms with Gasteiger partial charge in [-0.15, -0.1) is 11.8 Å². The predicted molar refractivity (Wildman–Crippen MR) is 149 cm³/mol. The van der Waals surface area contributed by atoms with Gasteiger partial charge in [0.25, 0.3) is 0 Å². The normalized spacial score (nSPS) is 20.9. The van der Waals surface area contributed by atoms with Crippen molar-refractivity contribution in [2.75, 3.05) is 38.6 Å². The van der Waals surface area contributed by atoms with Crippen molar-refractivity contribution in [2.45, 2.75) is 91.1 Å². The molecule has 0 spiro atoms. The Morgan fingerprint density at radius 3 is 2.69 bits per heavy atom. The molecular formula is C30H45NO4S. The summed E-state index contributed by atoms with van der Waals surface area (Å²) in [6, 6.07) is 4.36. The van der Waals surface area contributed by atoms with Gasteiger partial charge in [0.15, 0.2) is 0 Å². The van der Waals surface area contributed by atoms with E-state index >= 15 is 0 Å². The number of ether oxygens (including phenoxy) is 3. The summed E-state index contributed by atoms with van der Waals surface area (Å²) in [6.07, 6.45) is 7.20.